The zero-order valence-corrected chi connectivity index (χ0v) is 12.5. The Bertz CT molecular complexity index is 558. The van der Waals surface area contributed by atoms with Crippen molar-refractivity contribution >= 4 is 29.0 Å². The predicted molar refractivity (Wildman–Crippen MR) is 83.3 cm³/mol. The minimum Gasteiger partial charge on any atom is -0.351 e. The molecule has 2 rings (SSSR count). The molecule has 114 valence electrons. The number of hydrogen-bond donors (Lipinski definition) is 3. The molecule has 1 aliphatic heterocycles. The van der Waals surface area contributed by atoms with E-state index < -0.39 is 4.92 Å². The first-order chi connectivity index (χ1) is 9.97. The van der Waals surface area contributed by atoms with E-state index in [9.17, 15) is 14.9 Å². The van der Waals surface area contributed by atoms with Gasteiger partial charge in [0.2, 0.25) is 0 Å². The number of carbonyl (C=O) groups excluding carboxylic acids is 1. The van der Waals surface area contributed by atoms with Crippen molar-refractivity contribution in [1.29, 1.82) is 0 Å². The maximum Gasteiger partial charge on any atom is 0.294 e. The second-order valence-corrected chi connectivity index (χ2v) is 6.87. The summed E-state index contributed by atoms with van der Waals surface area (Å²) >= 11 is 1.84. The van der Waals surface area contributed by atoms with Gasteiger partial charge in [0.15, 0.2) is 0 Å². The van der Waals surface area contributed by atoms with Gasteiger partial charge >= 0.3 is 0 Å². The first kappa shape index (κ1) is 15.6. The highest BCUT2D eigenvalue weighted by atomic mass is 32.2. The van der Waals surface area contributed by atoms with Crippen molar-refractivity contribution in [2.24, 2.45) is 5.84 Å². The van der Waals surface area contributed by atoms with E-state index in [1.165, 1.54) is 18.2 Å². The lowest BCUT2D eigenvalue weighted by Gasteiger charge is -2.23. The highest BCUT2D eigenvalue weighted by Crippen LogP contribution is 2.37. The van der Waals surface area contributed by atoms with Gasteiger partial charge in [0.25, 0.3) is 11.6 Å². The Labute approximate surface area is 126 Å². The third kappa shape index (κ3) is 3.45. The van der Waals surface area contributed by atoms with Crippen LogP contribution in [0.3, 0.4) is 0 Å². The molecule has 21 heavy (non-hydrogen) atoms. The molecule has 1 fully saturated rings. The number of benzene rings is 1. The monoisotopic (exact) mass is 310 g/mol. The fourth-order valence-electron chi connectivity index (χ4n) is 2.37. The number of nitrogens with two attached hydrogens (primary N) is 1. The first-order valence-corrected chi connectivity index (χ1v) is 7.61. The fraction of sp³-hybridized carbons (Fsp3) is 0.462. The summed E-state index contributed by atoms with van der Waals surface area (Å²) in [6, 6.07) is 4.29. The summed E-state index contributed by atoms with van der Waals surface area (Å²) in [5.74, 6) is 6.07. The van der Waals surface area contributed by atoms with Gasteiger partial charge in [-0.3, -0.25) is 20.8 Å². The van der Waals surface area contributed by atoms with E-state index in [2.05, 4.69) is 17.7 Å². The van der Waals surface area contributed by atoms with Crippen LogP contribution in [0.4, 0.5) is 11.4 Å². The summed E-state index contributed by atoms with van der Waals surface area (Å²) < 4.78 is 0.0344. The molecular weight excluding hydrogens is 292 g/mol. The number of amides is 1. The van der Waals surface area contributed by atoms with Crippen LogP contribution in [0.25, 0.3) is 0 Å². The molecule has 1 aliphatic rings. The topological polar surface area (TPSA) is 110 Å². The SMILES string of the molecule is CC1(CNC(=O)c2cccc([N+](=O)[O-])c2NN)CCCS1. The van der Waals surface area contributed by atoms with Crippen molar-refractivity contribution in [2.45, 2.75) is 24.5 Å². The van der Waals surface area contributed by atoms with Crippen LogP contribution in [0.2, 0.25) is 0 Å². The number of nitrogens with one attached hydrogen (secondary N) is 2. The van der Waals surface area contributed by atoms with Gasteiger partial charge in [-0.1, -0.05) is 6.07 Å². The molecule has 0 aliphatic carbocycles. The third-order valence-corrected chi connectivity index (χ3v) is 5.09. The molecule has 0 bridgehead atoms. The van der Waals surface area contributed by atoms with Gasteiger partial charge in [-0.05, 0) is 31.6 Å². The highest BCUT2D eigenvalue weighted by Gasteiger charge is 2.30. The van der Waals surface area contributed by atoms with E-state index in [4.69, 9.17) is 5.84 Å². The molecule has 7 nitrogen and oxygen atoms in total. The van der Waals surface area contributed by atoms with Crippen molar-refractivity contribution < 1.29 is 9.72 Å². The molecule has 1 heterocycles. The lowest BCUT2D eigenvalue weighted by Crippen LogP contribution is -2.37. The van der Waals surface area contributed by atoms with Crippen LogP contribution in [-0.2, 0) is 0 Å². The number of nitro groups is 1. The number of para-hydroxylation sites is 1. The first-order valence-electron chi connectivity index (χ1n) is 6.63. The molecular formula is C13H18N4O3S. The van der Waals surface area contributed by atoms with Gasteiger partial charge in [0, 0.05) is 17.4 Å². The molecule has 0 saturated carbocycles. The zero-order valence-electron chi connectivity index (χ0n) is 11.7. The van der Waals surface area contributed by atoms with Crippen LogP contribution in [0.15, 0.2) is 18.2 Å². The Balaban J connectivity index is 2.15. The van der Waals surface area contributed by atoms with Gasteiger partial charge in [-0.2, -0.15) is 11.8 Å². The van der Waals surface area contributed by atoms with Crippen LogP contribution in [-0.4, -0.2) is 27.9 Å². The van der Waals surface area contributed by atoms with E-state index in [1.807, 2.05) is 11.8 Å². The second kappa shape index (κ2) is 6.31. The minimum absolute atomic E-state index is 0.0317. The Kier molecular flexibility index (Phi) is 4.69. The Morgan fingerprint density at radius 2 is 2.33 bits per heavy atom. The van der Waals surface area contributed by atoms with E-state index >= 15 is 0 Å². The number of anilines is 1. The van der Waals surface area contributed by atoms with Crippen molar-refractivity contribution in [3.8, 4) is 0 Å². The number of carbonyl (C=O) groups is 1. The van der Waals surface area contributed by atoms with Crippen molar-refractivity contribution in [3.63, 3.8) is 0 Å². The average Bonchev–Trinajstić information content (AvgIpc) is 2.91. The van der Waals surface area contributed by atoms with Crippen molar-refractivity contribution in [3.05, 3.63) is 33.9 Å². The zero-order chi connectivity index (χ0) is 15.5. The van der Waals surface area contributed by atoms with Crippen LogP contribution in [0.5, 0.6) is 0 Å². The molecule has 8 heteroatoms. The lowest BCUT2D eigenvalue weighted by atomic mass is 10.1. The standard InChI is InChI=1S/C13H18N4O3S/c1-13(6-3-7-21-13)8-15-12(18)9-4-2-5-10(17(19)20)11(9)16-14/h2,4-5,16H,3,6-8,14H2,1H3,(H,15,18). The van der Waals surface area contributed by atoms with Gasteiger partial charge in [-0.15, -0.1) is 0 Å². The molecule has 4 N–H and O–H groups in total. The van der Waals surface area contributed by atoms with Gasteiger partial charge in [-0.25, -0.2) is 0 Å². The van der Waals surface area contributed by atoms with Crippen molar-refractivity contribution in [1.82, 2.24) is 5.32 Å². The summed E-state index contributed by atoms with van der Waals surface area (Å²) in [5.41, 5.74) is 2.25. The number of rotatable bonds is 5. The maximum absolute atomic E-state index is 12.3. The van der Waals surface area contributed by atoms with Crippen molar-refractivity contribution in [2.75, 3.05) is 17.7 Å². The fourth-order valence-corrected chi connectivity index (χ4v) is 3.62. The van der Waals surface area contributed by atoms with E-state index in [-0.39, 0.29) is 27.6 Å². The van der Waals surface area contributed by atoms with Crippen LogP contribution < -0.4 is 16.6 Å². The van der Waals surface area contributed by atoms with E-state index in [0.717, 1.165) is 18.6 Å². The van der Waals surface area contributed by atoms with E-state index in [1.54, 1.807) is 0 Å². The summed E-state index contributed by atoms with van der Waals surface area (Å²) in [6.45, 7) is 2.64. The minimum atomic E-state index is -0.569. The molecule has 0 spiro atoms. The molecule has 1 atom stereocenters. The summed E-state index contributed by atoms with van der Waals surface area (Å²) in [5, 5.41) is 13.8. The maximum atomic E-state index is 12.3. The number of nitrogens with zero attached hydrogens (tertiary/aromatic N) is 1. The molecule has 1 aromatic carbocycles. The number of nitro benzene ring substituents is 1. The van der Waals surface area contributed by atoms with Gasteiger partial charge in [0.1, 0.15) is 5.69 Å². The predicted octanol–water partition coefficient (Wildman–Crippen LogP) is 1.90. The largest absolute Gasteiger partial charge is 0.351 e. The van der Waals surface area contributed by atoms with Crippen LogP contribution >= 0.6 is 11.8 Å². The molecule has 1 amide bonds. The Morgan fingerprint density at radius 3 is 2.90 bits per heavy atom. The van der Waals surface area contributed by atoms with Crippen LogP contribution in [0.1, 0.15) is 30.1 Å². The number of thioether (sulfide) groups is 1. The lowest BCUT2D eigenvalue weighted by molar-refractivity contribution is -0.384. The normalized spacial score (nSPS) is 21.0. The smallest absolute Gasteiger partial charge is 0.294 e. The number of hydrazine groups is 1. The summed E-state index contributed by atoms with van der Waals surface area (Å²) in [6.07, 6.45) is 2.19. The molecule has 0 aromatic heterocycles. The Morgan fingerprint density at radius 1 is 1.57 bits per heavy atom. The number of hydrogen-bond acceptors (Lipinski definition) is 6. The van der Waals surface area contributed by atoms with Gasteiger partial charge in [0.05, 0.1) is 10.5 Å². The summed E-state index contributed by atoms with van der Waals surface area (Å²) in [7, 11) is 0. The second-order valence-electron chi connectivity index (χ2n) is 5.19. The Hall–Kier alpha value is -1.80. The molecule has 1 aromatic rings. The third-order valence-electron chi connectivity index (χ3n) is 3.55. The van der Waals surface area contributed by atoms with Gasteiger partial charge < -0.3 is 10.7 Å². The molecule has 1 saturated heterocycles. The van der Waals surface area contributed by atoms with Crippen LogP contribution in [0, 0.1) is 10.1 Å². The molecule has 0 radical (unpaired) electrons. The highest BCUT2D eigenvalue weighted by molar-refractivity contribution is 8.00. The van der Waals surface area contributed by atoms with E-state index in [0.29, 0.717) is 6.54 Å². The molecule has 1 unspecified atom stereocenters. The number of nitrogen functional groups attached to an aromatic ring is 1. The average molecular weight is 310 g/mol. The summed E-state index contributed by atoms with van der Waals surface area (Å²) in [4.78, 5) is 22.6. The quantitative estimate of drug-likeness (QED) is 0.435.